The third-order valence-corrected chi connectivity index (χ3v) is 2.15. The van der Waals surface area contributed by atoms with Crippen molar-refractivity contribution in [1.82, 2.24) is 15.5 Å². The Morgan fingerprint density at radius 3 is 2.88 bits per heavy atom. The van der Waals surface area contributed by atoms with Crippen molar-refractivity contribution in [1.29, 1.82) is 0 Å². The first-order chi connectivity index (χ1) is 7.63. The van der Waals surface area contributed by atoms with Gasteiger partial charge >= 0.3 is 5.97 Å². The fourth-order valence-electron chi connectivity index (χ4n) is 1.43. The zero-order chi connectivity index (χ0) is 12.0. The van der Waals surface area contributed by atoms with Gasteiger partial charge in [-0.1, -0.05) is 13.3 Å². The van der Waals surface area contributed by atoms with E-state index < -0.39 is 5.97 Å². The molecule has 1 rings (SSSR count). The topological polar surface area (TPSA) is 95.1 Å². The number of aromatic amines is 1. The molecule has 0 saturated heterocycles. The van der Waals surface area contributed by atoms with Gasteiger partial charge in [-0.25, -0.2) is 0 Å². The van der Waals surface area contributed by atoms with E-state index in [1.165, 1.54) is 12.4 Å². The van der Waals surface area contributed by atoms with Crippen LogP contribution in [0.1, 0.15) is 36.5 Å². The number of hydrogen-bond acceptors (Lipinski definition) is 3. The van der Waals surface area contributed by atoms with Crippen molar-refractivity contribution < 1.29 is 14.7 Å². The number of aliphatic carboxylic acids is 1. The van der Waals surface area contributed by atoms with Crippen molar-refractivity contribution >= 4 is 11.9 Å². The monoisotopic (exact) mass is 225 g/mol. The van der Waals surface area contributed by atoms with Crippen LogP contribution in [-0.2, 0) is 4.79 Å². The molecule has 0 aromatic carbocycles. The van der Waals surface area contributed by atoms with Crippen molar-refractivity contribution in [3.8, 4) is 0 Å². The fraction of sp³-hybridized carbons (Fsp3) is 0.500. The number of nitrogens with one attached hydrogen (secondary N) is 2. The molecule has 0 bridgehead atoms. The van der Waals surface area contributed by atoms with Gasteiger partial charge in [0.15, 0.2) is 0 Å². The highest BCUT2D eigenvalue weighted by Crippen LogP contribution is 2.04. The second-order valence-electron chi connectivity index (χ2n) is 3.54. The first kappa shape index (κ1) is 12.2. The maximum absolute atomic E-state index is 11.6. The van der Waals surface area contributed by atoms with Crippen molar-refractivity contribution in [3.63, 3.8) is 0 Å². The van der Waals surface area contributed by atoms with Gasteiger partial charge in [-0.05, 0) is 6.42 Å². The molecule has 16 heavy (non-hydrogen) atoms. The quantitative estimate of drug-likeness (QED) is 0.666. The second-order valence-corrected chi connectivity index (χ2v) is 3.54. The van der Waals surface area contributed by atoms with Crippen LogP contribution in [-0.4, -0.2) is 33.2 Å². The Kier molecular flexibility index (Phi) is 4.50. The van der Waals surface area contributed by atoms with Crippen molar-refractivity contribution in [3.05, 3.63) is 18.0 Å². The lowest BCUT2D eigenvalue weighted by Crippen LogP contribution is -2.36. The summed E-state index contributed by atoms with van der Waals surface area (Å²) >= 11 is 0. The van der Waals surface area contributed by atoms with E-state index in [1.807, 2.05) is 6.92 Å². The smallest absolute Gasteiger partial charge is 0.305 e. The van der Waals surface area contributed by atoms with Gasteiger partial charge in [0.2, 0.25) is 0 Å². The molecular weight excluding hydrogens is 210 g/mol. The van der Waals surface area contributed by atoms with Gasteiger partial charge in [0.25, 0.3) is 5.91 Å². The number of carbonyl (C=O) groups is 2. The molecule has 3 N–H and O–H groups in total. The molecule has 1 unspecified atom stereocenters. The minimum atomic E-state index is -0.911. The summed E-state index contributed by atoms with van der Waals surface area (Å²) in [6.45, 7) is 1.94. The molecule has 0 fully saturated rings. The Hall–Kier alpha value is -1.85. The van der Waals surface area contributed by atoms with E-state index in [0.29, 0.717) is 12.0 Å². The molecule has 0 aliphatic rings. The number of aromatic nitrogens is 2. The predicted molar refractivity (Wildman–Crippen MR) is 57.0 cm³/mol. The molecule has 1 aromatic heterocycles. The maximum atomic E-state index is 11.6. The lowest BCUT2D eigenvalue weighted by Gasteiger charge is -2.15. The number of carboxylic acid groups (broad SMARTS) is 1. The summed E-state index contributed by atoms with van der Waals surface area (Å²) in [7, 11) is 0. The van der Waals surface area contributed by atoms with E-state index in [-0.39, 0.29) is 18.4 Å². The van der Waals surface area contributed by atoms with Gasteiger partial charge in [0.1, 0.15) is 0 Å². The minimum Gasteiger partial charge on any atom is -0.481 e. The Bertz CT molecular complexity index is 348. The molecule has 0 aliphatic heterocycles. The lowest BCUT2D eigenvalue weighted by atomic mass is 10.1. The van der Waals surface area contributed by atoms with Crippen LogP contribution in [0.3, 0.4) is 0 Å². The summed E-state index contributed by atoms with van der Waals surface area (Å²) in [5.74, 6) is -1.21. The molecule has 0 saturated carbocycles. The van der Waals surface area contributed by atoms with Crippen LogP contribution in [0.4, 0.5) is 0 Å². The zero-order valence-corrected chi connectivity index (χ0v) is 9.06. The second kappa shape index (κ2) is 5.89. The molecule has 0 spiro atoms. The normalized spacial score (nSPS) is 12.1. The summed E-state index contributed by atoms with van der Waals surface area (Å²) in [4.78, 5) is 22.2. The first-order valence-electron chi connectivity index (χ1n) is 5.15. The highest BCUT2D eigenvalue weighted by Gasteiger charge is 2.16. The molecule has 0 radical (unpaired) electrons. The van der Waals surface area contributed by atoms with Crippen LogP contribution in [0, 0.1) is 0 Å². The first-order valence-corrected chi connectivity index (χ1v) is 5.15. The summed E-state index contributed by atoms with van der Waals surface area (Å²) in [5.41, 5.74) is 0.409. The van der Waals surface area contributed by atoms with Gasteiger partial charge in [0.05, 0.1) is 18.2 Å². The van der Waals surface area contributed by atoms with Gasteiger partial charge in [0, 0.05) is 12.2 Å². The molecule has 88 valence electrons. The van der Waals surface area contributed by atoms with Crippen LogP contribution in [0.2, 0.25) is 0 Å². The Labute approximate surface area is 93.1 Å². The van der Waals surface area contributed by atoms with E-state index in [2.05, 4.69) is 15.5 Å². The van der Waals surface area contributed by atoms with Crippen LogP contribution in [0.15, 0.2) is 12.4 Å². The maximum Gasteiger partial charge on any atom is 0.305 e. The van der Waals surface area contributed by atoms with E-state index >= 15 is 0 Å². The fourth-order valence-corrected chi connectivity index (χ4v) is 1.43. The summed E-state index contributed by atoms with van der Waals surface area (Å²) in [6.07, 6.45) is 4.29. The largest absolute Gasteiger partial charge is 0.481 e. The SMILES string of the molecule is CCCC(CC(=O)O)NC(=O)c1cn[nH]c1. The Balaban J connectivity index is 2.54. The molecular formula is C10H15N3O3. The summed E-state index contributed by atoms with van der Waals surface area (Å²) in [6, 6.07) is -0.329. The third-order valence-electron chi connectivity index (χ3n) is 2.15. The summed E-state index contributed by atoms with van der Waals surface area (Å²) < 4.78 is 0. The van der Waals surface area contributed by atoms with Gasteiger partial charge in [-0.3, -0.25) is 14.7 Å². The van der Waals surface area contributed by atoms with Gasteiger partial charge in [-0.2, -0.15) is 5.10 Å². The molecule has 0 aliphatic carbocycles. The number of amides is 1. The lowest BCUT2D eigenvalue weighted by molar-refractivity contribution is -0.137. The van der Waals surface area contributed by atoms with Gasteiger partial charge < -0.3 is 10.4 Å². The molecule has 6 heteroatoms. The molecule has 1 aromatic rings. The van der Waals surface area contributed by atoms with Crippen molar-refractivity contribution in [2.45, 2.75) is 32.2 Å². The van der Waals surface area contributed by atoms with E-state index in [9.17, 15) is 9.59 Å². The van der Waals surface area contributed by atoms with Gasteiger partial charge in [-0.15, -0.1) is 0 Å². The number of H-pyrrole nitrogens is 1. The molecule has 1 amide bonds. The highest BCUT2D eigenvalue weighted by molar-refractivity contribution is 5.94. The predicted octanol–water partition coefficient (Wildman–Crippen LogP) is 0.783. The Morgan fingerprint density at radius 2 is 2.38 bits per heavy atom. The van der Waals surface area contributed by atoms with Crippen LogP contribution in [0.5, 0.6) is 0 Å². The van der Waals surface area contributed by atoms with Crippen LogP contribution < -0.4 is 5.32 Å². The Morgan fingerprint density at radius 1 is 1.62 bits per heavy atom. The number of hydrogen-bond donors (Lipinski definition) is 3. The molecule has 1 heterocycles. The third kappa shape index (κ3) is 3.72. The van der Waals surface area contributed by atoms with E-state index in [1.54, 1.807) is 0 Å². The highest BCUT2D eigenvalue weighted by atomic mass is 16.4. The van der Waals surface area contributed by atoms with Crippen LogP contribution in [0.25, 0.3) is 0 Å². The number of carboxylic acids is 1. The summed E-state index contributed by atoms with van der Waals surface area (Å²) in [5, 5.41) is 17.5. The number of rotatable bonds is 6. The van der Waals surface area contributed by atoms with Crippen molar-refractivity contribution in [2.24, 2.45) is 0 Å². The number of carbonyl (C=O) groups excluding carboxylic acids is 1. The molecule has 6 nitrogen and oxygen atoms in total. The standard InChI is InChI=1S/C10H15N3O3/c1-2-3-8(4-9(14)15)13-10(16)7-5-11-12-6-7/h5-6,8H,2-4H2,1H3,(H,11,12)(H,13,16)(H,14,15). The minimum absolute atomic E-state index is 0.0581. The van der Waals surface area contributed by atoms with Crippen LogP contribution >= 0.6 is 0 Å². The zero-order valence-electron chi connectivity index (χ0n) is 9.06. The van der Waals surface area contributed by atoms with E-state index in [4.69, 9.17) is 5.11 Å². The van der Waals surface area contributed by atoms with E-state index in [0.717, 1.165) is 6.42 Å². The number of nitrogens with zero attached hydrogens (tertiary/aromatic N) is 1. The average molecular weight is 225 g/mol. The van der Waals surface area contributed by atoms with Crippen molar-refractivity contribution in [2.75, 3.05) is 0 Å². The average Bonchev–Trinajstić information content (AvgIpc) is 2.69. The molecule has 1 atom stereocenters.